The second kappa shape index (κ2) is 12.3. The first kappa shape index (κ1) is 27.3. The van der Waals surface area contributed by atoms with Gasteiger partial charge in [-0.3, -0.25) is 9.59 Å². The SMILES string of the molecule is CC(C)C[C@H](NC(=O)c1ccc2c(c1)Nc1ccccc1S2)C(=O)N[C@H]1CCOC1OC(=O)N1CCOCC1. The van der Waals surface area contributed by atoms with Crippen molar-refractivity contribution in [3.8, 4) is 0 Å². The second-order valence-corrected chi connectivity index (χ2v) is 11.3. The molecule has 2 fully saturated rings. The minimum Gasteiger partial charge on any atom is -0.417 e. The van der Waals surface area contributed by atoms with Crippen LogP contribution in [0.25, 0.3) is 0 Å². The average molecular weight is 555 g/mol. The third-order valence-electron chi connectivity index (χ3n) is 6.80. The number of para-hydroxylation sites is 1. The summed E-state index contributed by atoms with van der Waals surface area (Å²) in [5.41, 5.74) is 2.31. The molecule has 2 aromatic carbocycles. The van der Waals surface area contributed by atoms with E-state index < -0.39 is 24.5 Å². The number of morpholine rings is 1. The van der Waals surface area contributed by atoms with Crippen LogP contribution in [0.5, 0.6) is 0 Å². The van der Waals surface area contributed by atoms with Gasteiger partial charge in [0.25, 0.3) is 5.91 Å². The Hall–Kier alpha value is -3.28. The summed E-state index contributed by atoms with van der Waals surface area (Å²) in [5, 5.41) is 9.25. The minimum absolute atomic E-state index is 0.161. The first-order valence-electron chi connectivity index (χ1n) is 13.3. The van der Waals surface area contributed by atoms with Gasteiger partial charge in [-0.2, -0.15) is 0 Å². The third-order valence-corrected chi connectivity index (χ3v) is 7.95. The van der Waals surface area contributed by atoms with E-state index in [9.17, 15) is 14.4 Å². The Morgan fingerprint density at radius 2 is 1.85 bits per heavy atom. The Balaban J connectivity index is 1.22. The highest BCUT2D eigenvalue weighted by atomic mass is 32.2. The standard InChI is InChI=1S/C28H34N4O6S/c1-17(2)15-22(26(34)30-20-9-12-37-27(20)38-28(35)32-10-13-36-14-11-32)31-25(33)18-7-8-24-21(16-18)29-19-5-3-4-6-23(19)39-24/h3-8,16-17,20,22,27,29H,9-15H2,1-2H3,(H,30,34)(H,31,33)/t20-,22-,27?/m0/s1. The number of nitrogens with zero attached hydrogens (tertiary/aromatic N) is 1. The zero-order chi connectivity index (χ0) is 27.4. The number of fused-ring (bicyclic) bond motifs is 2. The topological polar surface area (TPSA) is 118 Å². The van der Waals surface area contributed by atoms with Crippen molar-refractivity contribution in [1.82, 2.24) is 15.5 Å². The van der Waals surface area contributed by atoms with Gasteiger partial charge in [-0.15, -0.1) is 0 Å². The molecule has 3 aliphatic rings. The van der Waals surface area contributed by atoms with Crippen LogP contribution >= 0.6 is 11.8 Å². The molecule has 3 atom stereocenters. The quantitative estimate of drug-likeness (QED) is 0.404. The highest BCUT2D eigenvalue weighted by Crippen LogP contribution is 2.44. The van der Waals surface area contributed by atoms with Gasteiger partial charge in [0.1, 0.15) is 6.04 Å². The summed E-state index contributed by atoms with van der Waals surface area (Å²) in [4.78, 5) is 42.8. The summed E-state index contributed by atoms with van der Waals surface area (Å²) in [5.74, 6) is -0.503. The van der Waals surface area contributed by atoms with Gasteiger partial charge in [0, 0.05) is 28.4 Å². The monoisotopic (exact) mass is 554 g/mol. The molecule has 3 heterocycles. The van der Waals surface area contributed by atoms with Gasteiger partial charge in [0.2, 0.25) is 12.2 Å². The molecule has 0 radical (unpaired) electrons. The molecule has 3 aliphatic heterocycles. The fourth-order valence-corrected chi connectivity index (χ4v) is 5.72. The van der Waals surface area contributed by atoms with Crippen molar-refractivity contribution in [3.63, 3.8) is 0 Å². The lowest BCUT2D eigenvalue weighted by molar-refractivity contribution is -0.129. The number of ether oxygens (including phenoxy) is 3. The van der Waals surface area contributed by atoms with Gasteiger partial charge in [0.15, 0.2) is 0 Å². The molecular formula is C28H34N4O6S. The van der Waals surface area contributed by atoms with Crippen LogP contribution < -0.4 is 16.0 Å². The predicted molar refractivity (Wildman–Crippen MR) is 146 cm³/mol. The number of benzene rings is 2. The summed E-state index contributed by atoms with van der Waals surface area (Å²) >= 11 is 1.65. The summed E-state index contributed by atoms with van der Waals surface area (Å²) in [6, 6.07) is 12.2. The lowest BCUT2D eigenvalue weighted by Crippen LogP contribution is -2.53. The fraction of sp³-hybridized carbons (Fsp3) is 0.464. The number of anilines is 2. The van der Waals surface area contributed by atoms with Crippen molar-refractivity contribution in [2.24, 2.45) is 5.92 Å². The lowest BCUT2D eigenvalue weighted by atomic mass is 10.0. The summed E-state index contributed by atoms with van der Waals surface area (Å²) in [6.45, 7) is 6.18. The van der Waals surface area contributed by atoms with Crippen molar-refractivity contribution in [3.05, 3.63) is 48.0 Å². The van der Waals surface area contributed by atoms with E-state index in [4.69, 9.17) is 14.2 Å². The molecule has 0 spiro atoms. The number of nitrogens with one attached hydrogen (secondary N) is 3. The van der Waals surface area contributed by atoms with E-state index in [-0.39, 0.29) is 17.7 Å². The Kier molecular flexibility index (Phi) is 8.59. The minimum atomic E-state index is -0.883. The Labute approximate surface area is 232 Å². The maximum Gasteiger partial charge on any atom is 0.412 e. The van der Waals surface area contributed by atoms with Crippen LogP contribution in [0.1, 0.15) is 37.0 Å². The molecule has 0 saturated carbocycles. The van der Waals surface area contributed by atoms with Gasteiger partial charge in [-0.05, 0) is 49.1 Å². The van der Waals surface area contributed by atoms with E-state index in [0.717, 1.165) is 21.2 Å². The highest BCUT2D eigenvalue weighted by Gasteiger charge is 2.36. The maximum absolute atomic E-state index is 13.3. The number of carbonyl (C=O) groups excluding carboxylic acids is 3. The van der Waals surface area contributed by atoms with E-state index in [1.165, 1.54) is 0 Å². The number of rotatable bonds is 7. The molecule has 3 N–H and O–H groups in total. The van der Waals surface area contributed by atoms with Crippen molar-refractivity contribution < 1.29 is 28.6 Å². The van der Waals surface area contributed by atoms with E-state index in [1.807, 2.05) is 44.2 Å². The molecule has 2 saturated heterocycles. The van der Waals surface area contributed by atoms with Crippen LogP contribution in [0.15, 0.2) is 52.3 Å². The van der Waals surface area contributed by atoms with Crippen molar-refractivity contribution in [2.45, 2.75) is 54.9 Å². The molecule has 0 aliphatic carbocycles. The van der Waals surface area contributed by atoms with Crippen molar-refractivity contribution >= 4 is 41.0 Å². The molecule has 208 valence electrons. The molecule has 2 aromatic rings. The Morgan fingerprint density at radius 3 is 2.64 bits per heavy atom. The number of hydrogen-bond acceptors (Lipinski definition) is 8. The smallest absolute Gasteiger partial charge is 0.412 e. The molecule has 39 heavy (non-hydrogen) atoms. The van der Waals surface area contributed by atoms with E-state index in [0.29, 0.717) is 51.3 Å². The molecule has 11 heteroatoms. The van der Waals surface area contributed by atoms with Crippen molar-refractivity contribution in [1.29, 1.82) is 0 Å². The van der Waals surface area contributed by atoms with Crippen molar-refractivity contribution in [2.75, 3.05) is 38.2 Å². The van der Waals surface area contributed by atoms with Crippen LogP contribution in [-0.4, -0.2) is 74.1 Å². The Bertz CT molecular complexity index is 1220. The first-order chi connectivity index (χ1) is 18.9. The predicted octanol–water partition coefficient (Wildman–Crippen LogP) is 3.74. The average Bonchev–Trinajstić information content (AvgIpc) is 3.37. The zero-order valence-corrected chi connectivity index (χ0v) is 22.9. The first-order valence-corrected chi connectivity index (χ1v) is 14.1. The molecule has 0 bridgehead atoms. The van der Waals surface area contributed by atoms with Crippen LogP contribution in [0, 0.1) is 5.92 Å². The molecule has 1 unspecified atom stereocenters. The maximum atomic E-state index is 13.3. The number of hydrogen-bond donors (Lipinski definition) is 3. The van der Waals surface area contributed by atoms with E-state index >= 15 is 0 Å². The van der Waals surface area contributed by atoms with Gasteiger partial charge in [-0.1, -0.05) is 37.7 Å². The number of amides is 3. The van der Waals surface area contributed by atoms with E-state index in [1.54, 1.807) is 22.7 Å². The normalized spacial score (nSPS) is 20.8. The van der Waals surface area contributed by atoms with Crippen LogP contribution in [-0.2, 0) is 19.0 Å². The van der Waals surface area contributed by atoms with Gasteiger partial charge in [0.05, 0.1) is 37.2 Å². The second-order valence-electron chi connectivity index (χ2n) is 10.2. The summed E-state index contributed by atoms with van der Waals surface area (Å²) in [7, 11) is 0. The summed E-state index contributed by atoms with van der Waals surface area (Å²) < 4.78 is 16.4. The Morgan fingerprint density at radius 1 is 1.08 bits per heavy atom. The zero-order valence-electron chi connectivity index (χ0n) is 22.1. The molecular weight excluding hydrogens is 520 g/mol. The van der Waals surface area contributed by atoms with Crippen LogP contribution in [0.3, 0.4) is 0 Å². The largest absolute Gasteiger partial charge is 0.417 e. The van der Waals surface area contributed by atoms with Gasteiger partial charge >= 0.3 is 6.09 Å². The van der Waals surface area contributed by atoms with Crippen LogP contribution in [0.2, 0.25) is 0 Å². The highest BCUT2D eigenvalue weighted by molar-refractivity contribution is 7.99. The van der Waals surface area contributed by atoms with Gasteiger partial charge in [-0.25, -0.2) is 4.79 Å². The fourth-order valence-electron chi connectivity index (χ4n) is 4.75. The van der Waals surface area contributed by atoms with E-state index in [2.05, 4.69) is 22.0 Å². The molecule has 5 rings (SSSR count). The van der Waals surface area contributed by atoms with Gasteiger partial charge < -0.3 is 35.1 Å². The molecule has 3 amide bonds. The van der Waals surface area contributed by atoms with Crippen LogP contribution in [0.4, 0.5) is 16.2 Å². The third kappa shape index (κ3) is 6.66. The lowest BCUT2D eigenvalue weighted by Gasteiger charge is -2.29. The summed E-state index contributed by atoms with van der Waals surface area (Å²) in [6.07, 6.45) is -0.411. The number of carbonyl (C=O) groups is 3. The molecule has 0 aromatic heterocycles. The molecule has 10 nitrogen and oxygen atoms in total.